The standard InChI is InChI=1S/C25H26N2O7S/c1-4-32-20-12-17(8-11-19(20)34-15-23(29)33-5-2)13-21-24(30)27(25(31)35-21)14-22(28)26-18-9-6-16(3)7-10-18/h6-13H,4-5,14-15H2,1-3H3,(H,26,28)/b21-13-. The lowest BCUT2D eigenvalue weighted by molar-refractivity contribution is -0.145. The molecule has 0 aliphatic carbocycles. The Balaban J connectivity index is 1.69. The van der Waals surface area contributed by atoms with Gasteiger partial charge in [-0.3, -0.25) is 19.3 Å². The first kappa shape index (κ1) is 25.8. The van der Waals surface area contributed by atoms with Crippen molar-refractivity contribution < 1.29 is 33.4 Å². The van der Waals surface area contributed by atoms with Crippen LogP contribution in [-0.4, -0.2) is 54.3 Å². The molecule has 0 bridgehead atoms. The van der Waals surface area contributed by atoms with Crippen LogP contribution < -0.4 is 14.8 Å². The predicted octanol–water partition coefficient (Wildman–Crippen LogP) is 4.01. The second-order valence-corrected chi connectivity index (χ2v) is 8.41. The number of ether oxygens (including phenoxy) is 3. The summed E-state index contributed by atoms with van der Waals surface area (Å²) in [4.78, 5) is 50.2. The fourth-order valence-electron chi connectivity index (χ4n) is 3.11. The number of thioether (sulfide) groups is 1. The Labute approximate surface area is 207 Å². The number of nitrogens with zero attached hydrogens (tertiary/aromatic N) is 1. The number of carbonyl (C=O) groups excluding carboxylic acids is 4. The van der Waals surface area contributed by atoms with Crippen molar-refractivity contribution in [3.8, 4) is 11.5 Å². The minimum Gasteiger partial charge on any atom is -0.490 e. The molecular formula is C25H26N2O7S. The number of rotatable bonds is 10. The van der Waals surface area contributed by atoms with Crippen molar-refractivity contribution in [2.45, 2.75) is 20.8 Å². The van der Waals surface area contributed by atoms with E-state index in [1.54, 1.807) is 50.3 Å². The SMILES string of the molecule is CCOC(=O)COc1ccc(/C=C2\SC(=O)N(CC(=O)Nc3ccc(C)cc3)C2=O)cc1OCC. The Morgan fingerprint density at radius 2 is 1.74 bits per heavy atom. The molecule has 0 aromatic heterocycles. The van der Waals surface area contributed by atoms with Crippen LogP contribution in [0.1, 0.15) is 25.0 Å². The molecule has 2 aromatic carbocycles. The molecule has 10 heteroatoms. The zero-order chi connectivity index (χ0) is 25.4. The summed E-state index contributed by atoms with van der Waals surface area (Å²) in [6, 6.07) is 12.1. The van der Waals surface area contributed by atoms with Gasteiger partial charge in [-0.25, -0.2) is 4.79 Å². The number of aryl methyl sites for hydroxylation is 1. The Morgan fingerprint density at radius 1 is 1.00 bits per heavy atom. The monoisotopic (exact) mass is 498 g/mol. The van der Waals surface area contributed by atoms with Crippen LogP contribution in [0.2, 0.25) is 0 Å². The van der Waals surface area contributed by atoms with E-state index in [-0.39, 0.29) is 24.7 Å². The van der Waals surface area contributed by atoms with Gasteiger partial charge in [0, 0.05) is 5.69 Å². The molecule has 1 N–H and O–H groups in total. The van der Waals surface area contributed by atoms with Crippen LogP contribution in [0.5, 0.6) is 11.5 Å². The van der Waals surface area contributed by atoms with E-state index < -0.39 is 23.0 Å². The molecule has 0 saturated carbocycles. The van der Waals surface area contributed by atoms with Gasteiger partial charge in [0.05, 0.1) is 18.1 Å². The molecule has 0 unspecified atom stereocenters. The molecule has 3 amide bonds. The molecular weight excluding hydrogens is 472 g/mol. The Bertz CT molecular complexity index is 1150. The highest BCUT2D eigenvalue weighted by Gasteiger charge is 2.36. The molecule has 1 fully saturated rings. The highest BCUT2D eigenvalue weighted by molar-refractivity contribution is 8.18. The summed E-state index contributed by atoms with van der Waals surface area (Å²) in [5.41, 5.74) is 2.22. The number of esters is 1. The fourth-order valence-corrected chi connectivity index (χ4v) is 3.95. The van der Waals surface area contributed by atoms with Crippen molar-refractivity contribution in [3.63, 3.8) is 0 Å². The molecule has 1 aliphatic heterocycles. The van der Waals surface area contributed by atoms with E-state index in [2.05, 4.69) is 5.32 Å². The molecule has 1 aliphatic rings. The Morgan fingerprint density at radius 3 is 2.43 bits per heavy atom. The summed E-state index contributed by atoms with van der Waals surface area (Å²) in [6.45, 7) is 5.39. The number of carbonyl (C=O) groups is 4. The van der Waals surface area contributed by atoms with Gasteiger partial charge in [-0.1, -0.05) is 23.8 Å². The van der Waals surface area contributed by atoms with Crippen LogP contribution in [0.4, 0.5) is 10.5 Å². The number of amides is 3. The number of anilines is 1. The lowest BCUT2D eigenvalue weighted by atomic mass is 10.2. The van der Waals surface area contributed by atoms with Crippen molar-refractivity contribution >= 4 is 46.5 Å². The summed E-state index contributed by atoms with van der Waals surface area (Å²) in [7, 11) is 0. The zero-order valence-corrected chi connectivity index (χ0v) is 20.5. The van der Waals surface area contributed by atoms with Crippen molar-refractivity contribution in [3.05, 3.63) is 58.5 Å². The molecule has 0 atom stereocenters. The van der Waals surface area contributed by atoms with E-state index in [9.17, 15) is 19.2 Å². The predicted molar refractivity (Wildman–Crippen MR) is 132 cm³/mol. The summed E-state index contributed by atoms with van der Waals surface area (Å²) >= 11 is 0.755. The van der Waals surface area contributed by atoms with Crippen molar-refractivity contribution in [1.29, 1.82) is 0 Å². The van der Waals surface area contributed by atoms with Crippen molar-refractivity contribution in [1.82, 2.24) is 4.90 Å². The lowest BCUT2D eigenvalue weighted by Gasteiger charge is -2.13. The lowest BCUT2D eigenvalue weighted by Crippen LogP contribution is -2.36. The van der Waals surface area contributed by atoms with E-state index in [4.69, 9.17) is 14.2 Å². The van der Waals surface area contributed by atoms with E-state index in [1.807, 2.05) is 19.1 Å². The van der Waals surface area contributed by atoms with Gasteiger partial charge in [-0.15, -0.1) is 0 Å². The molecule has 184 valence electrons. The normalized spacial score (nSPS) is 14.3. The molecule has 35 heavy (non-hydrogen) atoms. The number of hydrogen-bond donors (Lipinski definition) is 1. The van der Waals surface area contributed by atoms with Crippen LogP contribution in [-0.2, 0) is 19.1 Å². The Hall–Kier alpha value is -3.79. The fraction of sp³-hybridized carbons (Fsp3) is 0.280. The maximum absolute atomic E-state index is 12.8. The molecule has 2 aromatic rings. The van der Waals surface area contributed by atoms with E-state index >= 15 is 0 Å². The number of imide groups is 1. The number of benzene rings is 2. The molecule has 1 heterocycles. The van der Waals surface area contributed by atoms with Gasteiger partial charge in [-0.05, 0) is 68.4 Å². The van der Waals surface area contributed by atoms with Gasteiger partial charge in [0.2, 0.25) is 5.91 Å². The minimum atomic E-state index is -0.556. The molecule has 1 saturated heterocycles. The van der Waals surface area contributed by atoms with Gasteiger partial charge in [0.15, 0.2) is 18.1 Å². The van der Waals surface area contributed by atoms with E-state index in [0.717, 1.165) is 22.2 Å². The van der Waals surface area contributed by atoms with Gasteiger partial charge in [0.25, 0.3) is 11.1 Å². The largest absolute Gasteiger partial charge is 0.490 e. The van der Waals surface area contributed by atoms with Gasteiger partial charge in [0.1, 0.15) is 6.54 Å². The number of hydrogen-bond acceptors (Lipinski definition) is 8. The average molecular weight is 499 g/mol. The average Bonchev–Trinajstić information content (AvgIpc) is 3.07. The van der Waals surface area contributed by atoms with E-state index in [1.165, 1.54) is 0 Å². The first-order valence-corrected chi connectivity index (χ1v) is 11.8. The smallest absolute Gasteiger partial charge is 0.344 e. The third-order valence-corrected chi connectivity index (χ3v) is 5.63. The van der Waals surface area contributed by atoms with Crippen LogP contribution in [0.15, 0.2) is 47.4 Å². The van der Waals surface area contributed by atoms with Crippen molar-refractivity contribution in [2.75, 3.05) is 31.7 Å². The highest BCUT2D eigenvalue weighted by Crippen LogP contribution is 2.34. The summed E-state index contributed by atoms with van der Waals surface area (Å²) < 4.78 is 15.9. The highest BCUT2D eigenvalue weighted by atomic mass is 32.2. The number of nitrogens with one attached hydrogen (secondary N) is 1. The van der Waals surface area contributed by atoms with Crippen molar-refractivity contribution in [2.24, 2.45) is 0 Å². The summed E-state index contributed by atoms with van der Waals surface area (Å²) in [5, 5.41) is 2.15. The van der Waals surface area contributed by atoms with Crippen LogP contribution in [0.3, 0.4) is 0 Å². The molecule has 9 nitrogen and oxygen atoms in total. The third-order valence-electron chi connectivity index (χ3n) is 4.73. The van der Waals surface area contributed by atoms with Crippen LogP contribution >= 0.6 is 11.8 Å². The molecule has 0 spiro atoms. The quantitative estimate of drug-likeness (QED) is 0.386. The zero-order valence-electron chi connectivity index (χ0n) is 19.7. The molecule has 0 radical (unpaired) electrons. The topological polar surface area (TPSA) is 111 Å². The second-order valence-electron chi connectivity index (χ2n) is 7.41. The maximum atomic E-state index is 12.8. The maximum Gasteiger partial charge on any atom is 0.344 e. The second kappa shape index (κ2) is 12.1. The minimum absolute atomic E-state index is 0.181. The first-order chi connectivity index (χ1) is 16.8. The molecule has 3 rings (SSSR count). The van der Waals surface area contributed by atoms with Crippen LogP contribution in [0.25, 0.3) is 6.08 Å². The Kier molecular flexibility index (Phi) is 8.91. The summed E-state index contributed by atoms with van der Waals surface area (Å²) in [6.07, 6.45) is 1.54. The van der Waals surface area contributed by atoms with Gasteiger partial charge >= 0.3 is 5.97 Å². The summed E-state index contributed by atoms with van der Waals surface area (Å²) in [5.74, 6) is -0.807. The third kappa shape index (κ3) is 7.10. The van der Waals surface area contributed by atoms with Gasteiger partial charge in [-0.2, -0.15) is 0 Å². The van der Waals surface area contributed by atoms with E-state index in [0.29, 0.717) is 29.4 Å². The van der Waals surface area contributed by atoms with Crippen LogP contribution in [0, 0.1) is 6.92 Å². The first-order valence-electron chi connectivity index (χ1n) is 11.0. The van der Waals surface area contributed by atoms with Gasteiger partial charge < -0.3 is 19.5 Å².